The van der Waals surface area contributed by atoms with E-state index in [2.05, 4.69) is 47.1 Å². The molecule has 3 aromatic carbocycles. The van der Waals surface area contributed by atoms with Gasteiger partial charge in [0, 0.05) is 46.8 Å². The van der Waals surface area contributed by atoms with Crippen LogP contribution in [0.25, 0.3) is 16.6 Å². The zero-order chi connectivity index (χ0) is 24.4. The molecule has 0 bridgehead atoms. The summed E-state index contributed by atoms with van der Waals surface area (Å²) in [6.07, 6.45) is 4.87. The van der Waals surface area contributed by atoms with Gasteiger partial charge in [-0.3, -0.25) is 4.79 Å². The molecule has 0 spiro atoms. The number of hydrogen-bond donors (Lipinski definition) is 4. The minimum atomic E-state index is -0.172. The number of benzene rings is 3. The lowest BCUT2D eigenvalue weighted by atomic mass is 9.91. The van der Waals surface area contributed by atoms with E-state index in [0.29, 0.717) is 11.3 Å². The Balaban J connectivity index is 1.49. The monoisotopic (exact) mass is 464 g/mol. The lowest BCUT2D eigenvalue weighted by molar-refractivity contribution is -0.114. The number of para-hydroxylation sites is 1. The molecule has 35 heavy (non-hydrogen) atoms. The largest absolute Gasteiger partial charge is 0.359 e. The Kier molecular flexibility index (Phi) is 6.06. The maximum absolute atomic E-state index is 11.5. The van der Waals surface area contributed by atoms with Gasteiger partial charge >= 0.3 is 0 Å². The summed E-state index contributed by atoms with van der Waals surface area (Å²) < 4.78 is 1.94. The number of fused-ring (bicyclic) bond motifs is 1. The van der Waals surface area contributed by atoms with Gasteiger partial charge in [0.2, 0.25) is 5.91 Å². The maximum atomic E-state index is 11.5. The fourth-order valence-electron chi connectivity index (χ4n) is 4.30. The molecule has 1 fully saturated rings. The van der Waals surface area contributed by atoms with Crippen LogP contribution in [0.4, 0.5) is 22.9 Å². The first-order chi connectivity index (χ1) is 17.0. The molecule has 0 radical (unpaired) electrons. The summed E-state index contributed by atoms with van der Waals surface area (Å²) in [5.41, 5.74) is 7.73. The van der Waals surface area contributed by atoms with E-state index >= 15 is 0 Å². The highest BCUT2D eigenvalue weighted by Crippen LogP contribution is 2.31. The zero-order valence-electron chi connectivity index (χ0n) is 19.9. The Morgan fingerprint density at radius 3 is 2.54 bits per heavy atom. The summed E-state index contributed by atoms with van der Waals surface area (Å²) in [7, 11) is 0. The third kappa shape index (κ3) is 4.66. The molecule has 5 rings (SSSR count). The first-order valence-electron chi connectivity index (χ1n) is 11.7. The molecule has 7 nitrogen and oxygen atoms in total. The molecule has 7 heteroatoms. The molecule has 1 aliphatic carbocycles. The smallest absolute Gasteiger partial charge is 0.221 e. The van der Waals surface area contributed by atoms with Gasteiger partial charge in [0.25, 0.3) is 0 Å². The van der Waals surface area contributed by atoms with Crippen LogP contribution in [0, 0.1) is 5.41 Å². The fraction of sp³-hybridized carbons (Fsp3) is 0.179. The Labute approximate surface area is 204 Å². The number of amides is 1. The summed E-state index contributed by atoms with van der Waals surface area (Å²) in [6.45, 7) is 3.60. The lowest BCUT2D eigenvalue weighted by Crippen LogP contribution is -2.08. The Morgan fingerprint density at radius 1 is 0.971 bits per heavy atom. The van der Waals surface area contributed by atoms with Gasteiger partial charge in [0.1, 0.15) is 0 Å². The van der Waals surface area contributed by atoms with Gasteiger partial charge in [0.15, 0.2) is 5.82 Å². The van der Waals surface area contributed by atoms with Crippen molar-refractivity contribution >= 4 is 45.9 Å². The van der Waals surface area contributed by atoms with Crippen molar-refractivity contribution in [1.82, 2.24) is 9.78 Å². The number of nitrogens with one attached hydrogen (secondary N) is 4. The second-order valence-electron chi connectivity index (χ2n) is 8.79. The third-order valence-electron chi connectivity index (χ3n) is 6.28. The van der Waals surface area contributed by atoms with Crippen molar-refractivity contribution in [2.75, 3.05) is 16.0 Å². The molecule has 176 valence electrons. The van der Waals surface area contributed by atoms with Crippen LogP contribution in [0.3, 0.4) is 0 Å². The van der Waals surface area contributed by atoms with E-state index in [4.69, 9.17) is 10.5 Å². The molecular formula is C28H28N6O. The van der Waals surface area contributed by atoms with Crippen LogP contribution in [0.1, 0.15) is 38.7 Å². The number of aromatic nitrogens is 2. The summed E-state index contributed by atoms with van der Waals surface area (Å²) in [6, 6.07) is 21.9. The van der Waals surface area contributed by atoms with Crippen molar-refractivity contribution in [3.8, 4) is 5.69 Å². The second-order valence-corrected chi connectivity index (χ2v) is 8.79. The highest BCUT2D eigenvalue weighted by atomic mass is 16.1. The van der Waals surface area contributed by atoms with Crippen LogP contribution in [0.2, 0.25) is 0 Å². The molecule has 0 saturated heterocycles. The van der Waals surface area contributed by atoms with Gasteiger partial charge in [0.05, 0.1) is 11.2 Å². The van der Waals surface area contributed by atoms with Crippen molar-refractivity contribution in [3.63, 3.8) is 0 Å². The van der Waals surface area contributed by atoms with Gasteiger partial charge in [-0.25, -0.2) is 4.68 Å². The van der Waals surface area contributed by atoms with Crippen LogP contribution < -0.4 is 16.0 Å². The summed E-state index contributed by atoms with van der Waals surface area (Å²) in [4.78, 5) is 11.5. The molecule has 1 heterocycles. The standard InChI is InChI=1S/C28H28N6O/c1-18(20-7-5-8-20)30-22-9-6-10-24(16-22)34-27-12-4-3-11-25(27)28(33-34)32-23-13-14-26(31-19(2)35)21(15-23)17-29/h3-4,6,9-17,29-30H,5,7-8H2,1-2H3,(H,31,35)(H,32,33). The normalized spacial score (nSPS) is 12.7. The molecule has 0 unspecified atom stereocenters. The summed E-state index contributed by atoms with van der Waals surface area (Å²) in [5, 5.41) is 23.3. The Morgan fingerprint density at radius 2 is 1.80 bits per heavy atom. The quantitative estimate of drug-likeness (QED) is 0.232. The van der Waals surface area contributed by atoms with Crippen molar-refractivity contribution < 1.29 is 4.79 Å². The topological polar surface area (TPSA) is 94.8 Å². The maximum Gasteiger partial charge on any atom is 0.221 e. The van der Waals surface area contributed by atoms with Crippen LogP contribution >= 0.6 is 0 Å². The number of anilines is 4. The molecular weight excluding hydrogens is 436 g/mol. The molecule has 0 aliphatic heterocycles. The van der Waals surface area contributed by atoms with E-state index in [-0.39, 0.29) is 5.91 Å². The summed E-state index contributed by atoms with van der Waals surface area (Å²) in [5.74, 6) is 0.546. The minimum Gasteiger partial charge on any atom is -0.359 e. The Hall–Kier alpha value is -4.39. The van der Waals surface area contributed by atoms with Crippen molar-refractivity contribution in [3.05, 3.63) is 83.6 Å². The average molecular weight is 465 g/mol. The highest BCUT2D eigenvalue weighted by molar-refractivity contribution is 5.98. The van der Waals surface area contributed by atoms with Gasteiger partial charge in [-0.15, -0.1) is 5.10 Å². The number of rotatable bonds is 7. The first kappa shape index (κ1) is 22.4. The SMILES string of the molecule is CC(=O)Nc1ccc(Nc2nn(-c3cccc(NC(C)=C4CCC4)c3)c3ccccc23)cc1C=N. The molecule has 1 aromatic heterocycles. The second kappa shape index (κ2) is 9.46. The number of allylic oxidation sites excluding steroid dienone is 2. The van der Waals surface area contributed by atoms with E-state index < -0.39 is 0 Å². The van der Waals surface area contributed by atoms with Gasteiger partial charge in [-0.1, -0.05) is 23.8 Å². The van der Waals surface area contributed by atoms with Crippen LogP contribution in [-0.2, 0) is 4.79 Å². The number of hydrogen-bond acceptors (Lipinski definition) is 5. The predicted octanol–water partition coefficient (Wildman–Crippen LogP) is 6.59. The van der Waals surface area contributed by atoms with E-state index in [1.165, 1.54) is 43.7 Å². The molecule has 1 saturated carbocycles. The van der Waals surface area contributed by atoms with E-state index in [1.807, 2.05) is 41.1 Å². The van der Waals surface area contributed by atoms with Crippen molar-refractivity contribution in [1.29, 1.82) is 5.41 Å². The lowest BCUT2D eigenvalue weighted by Gasteiger charge is -2.21. The van der Waals surface area contributed by atoms with Crippen LogP contribution in [-0.4, -0.2) is 21.9 Å². The van der Waals surface area contributed by atoms with Crippen molar-refractivity contribution in [2.45, 2.75) is 33.1 Å². The predicted molar refractivity (Wildman–Crippen MR) is 143 cm³/mol. The fourth-order valence-corrected chi connectivity index (χ4v) is 4.30. The number of carbonyl (C=O) groups excluding carboxylic acids is 1. The van der Waals surface area contributed by atoms with E-state index in [1.54, 1.807) is 6.07 Å². The van der Waals surface area contributed by atoms with E-state index in [9.17, 15) is 4.79 Å². The third-order valence-corrected chi connectivity index (χ3v) is 6.28. The average Bonchev–Trinajstić information content (AvgIpc) is 3.17. The van der Waals surface area contributed by atoms with Crippen molar-refractivity contribution in [2.24, 2.45) is 0 Å². The number of nitrogens with zero attached hydrogens (tertiary/aromatic N) is 2. The summed E-state index contributed by atoms with van der Waals surface area (Å²) >= 11 is 0. The zero-order valence-corrected chi connectivity index (χ0v) is 19.9. The molecule has 4 aromatic rings. The highest BCUT2D eigenvalue weighted by Gasteiger charge is 2.14. The molecule has 0 atom stereocenters. The molecule has 4 N–H and O–H groups in total. The van der Waals surface area contributed by atoms with Gasteiger partial charge in [-0.05, 0) is 74.7 Å². The van der Waals surface area contributed by atoms with Gasteiger partial charge < -0.3 is 21.4 Å². The van der Waals surface area contributed by atoms with Gasteiger partial charge in [-0.2, -0.15) is 0 Å². The first-order valence-corrected chi connectivity index (χ1v) is 11.7. The minimum absolute atomic E-state index is 0.172. The number of carbonyl (C=O) groups is 1. The van der Waals surface area contributed by atoms with Crippen LogP contribution in [0.5, 0.6) is 0 Å². The molecule has 1 aliphatic rings. The Bertz CT molecular complexity index is 1460. The van der Waals surface area contributed by atoms with E-state index in [0.717, 1.165) is 33.8 Å². The molecule has 1 amide bonds. The van der Waals surface area contributed by atoms with Crippen LogP contribution in [0.15, 0.2) is 78.0 Å².